The zero-order valence-electron chi connectivity index (χ0n) is 28.1. The SMILES string of the molecule is C[C@H]1[C@H](OC(=O)/C=C/c2ccc(O)cc2)CC[C@@H]2[C@]1(C)CC(=O)C1[C@@]2(C)CC[C@@]2(C)[C@@H]3CC(C)(C)CC[C@]3(C)CC[C@]12C. The molecule has 4 heteroatoms. The number of hydrogen-bond acceptors (Lipinski definition) is 4. The summed E-state index contributed by atoms with van der Waals surface area (Å²) in [6.07, 6.45) is 14.3. The highest BCUT2D eigenvalue weighted by Gasteiger charge is 2.73. The summed E-state index contributed by atoms with van der Waals surface area (Å²) < 4.78 is 6.09. The number of ketones is 1. The van der Waals surface area contributed by atoms with E-state index in [0.717, 1.165) is 24.8 Å². The summed E-state index contributed by atoms with van der Waals surface area (Å²) >= 11 is 0. The highest BCUT2D eigenvalue weighted by molar-refractivity contribution is 5.87. The molecule has 0 aromatic heterocycles. The molecule has 0 bridgehead atoms. The predicted octanol–water partition coefficient (Wildman–Crippen LogP) is 9.40. The van der Waals surface area contributed by atoms with Crippen molar-refractivity contribution in [2.45, 2.75) is 126 Å². The molecule has 5 fully saturated rings. The van der Waals surface area contributed by atoms with Crippen LogP contribution in [0.4, 0.5) is 0 Å². The molecule has 0 saturated heterocycles. The van der Waals surface area contributed by atoms with Crippen molar-refractivity contribution >= 4 is 17.8 Å². The Morgan fingerprint density at radius 3 is 2.19 bits per heavy atom. The van der Waals surface area contributed by atoms with Crippen LogP contribution in [-0.4, -0.2) is 23.0 Å². The second-order valence-corrected chi connectivity index (χ2v) is 17.8. The van der Waals surface area contributed by atoms with E-state index in [2.05, 4.69) is 55.4 Å². The third-order valence-electron chi connectivity index (χ3n) is 15.1. The molecule has 5 aliphatic rings. The van der Waals surface area contributed by atoms with Crippen LogP contribution in [0.3, 0.4) is 0 Å². The van der Waals surface area contributed by atoms with Crippen molar-refractivity contribution in [2.24, 2.45) is 56.2 Å². The van der Waals surface area contributed by atoms with Crippen LogP contribution in [0.1, 0.15) is 125 Å². The standard InChI is InChI=1S/C39H56O4/c1-25-29(43-32(42)16-11-26-9-12-27(40)13-10-26)14-15-30-36(5)20-22-38(7)31-24-34(2,3)17-18-35(31,4)19-21-39(38,8)33(36)28(41)23-37(25,30)6/h9-13,16,25,29-31,33,40H,14-15,17-24H2,1-8H3/b16-11+/t25-,29+,30-,31+,33?,35+,36-,37+,38-,39+/m0/s1. The van der Waals surface area contributed by atoms with Crippen LogP contribution in [0, 0.1) is 56.2 Å². The first-order valence-corrected chi connectivity index (χ1v) is 17.2. The number of hydrogen-bond donors (Lipinski definition) is 1. The highest BCUT2D eigenvalue weighted by atomic mass is 16.5. The van der Waals surface area contributed by atoms with Crippen LogP contribution in [0.15, 0.2) is 30.3 Å². The number of Topliss-reactive ketones (excluding diaryl/α,β-unsaturated/α-hetero) is 1. The molecule has 10 atom stereocenters. The van der Waals surface area contributed by atoms with Crippen molar-refractivity contribution < 1.29 is 19.4 Å². The summed E-state index contributed by atoms with van der Waals surface area (Å²) in [5.41, 5.74) is 1.65. The molecule has 0 amide bonds. The van der Waals surface area contributed by atoms with Gasteiger partial charge in [0, 0.05) is 18.4 Å². The van der Waals surface area contributed by atoms with Gasteiger partial charge >= 0.3 is 5.97 Å². The Kier molecular flexibility index (Phi) is 7.15. The fraction of sp³-hybridized carbons (Fsp3) is 0.744. The monoisotopic (exact) mass is 588 g/mol. The zero-order chi connectivity index (χ0) is 31.2. The maximum Gasteiger partial charge on any atom is 0.331 e. The average Bonchev–Trinajstić information content (AvgIpc) is 2.93. The fourth-order valence-electron chi connectivity index (χ4n) is 12.3. The Labute approximate surface area is 260 Å². The Hall–Kier alpha value is -2.10. The second kappa shape index (κ2) is 9.95. The summed E-state index contributed by atoms with van der Waals surface area (Å²) in [5.74, 6) is 1.72. The zero-order valence-corrected chi connectivity index (χ0v) is 28.1. The van der Waals surface area contributed by atoms with Crippen molar-refractivity contribution in [1.29, 1.82) is 0 Å². The number of phenols is 1. The normalized spacial score (nSPS) is 47.2. The van der Waals surface area contributed by atoms with E-state index >= 15 is 0 Å². The molecule has 6 rings (SSSR count). The van der Waals surface area contributed by atoms with Crippen LogP contribution < -0.4 is 0 Å². The van der Waals surface area contributed by atoms with E-state index in [1.54, 1.807) is 30.3 Å². The van der Waals surface area contributed by atoms with Crippen LogP contribution >= 0.6 is 0 Å². The van der Waals surface area contributed by atoms with Crippen LogP contribution in [0.2, 0.25) is 0 Å². The minimum atomic E-state index is -0.334. The van der Waals surface area contributed by atoms with E-state index in [1.165, 1.54) is 44.6 Å². The van der Waals surface area contributed by atoms with E-state index in [4.69, 9.17) is 4.74 Å². The molecule has 4 nitrogen and oxygen atoms in total. The number of aromatic hydroxyl groups is 1. The summed E-state index contributed by atoms with van der Waals surface area (Å²) in [6.45, 7) is 19.7. The van der Waals surface area contributed by atoms with Gasteiger partial charge in [0.1, 0.15) is 17.6 Å². The van der Waals surface area contributed by atoms with E-state index in [1.807, 2.05) is 0 Å². The molecule has 0 radical (unpaired) electrons. The first kappa shape index (κ1) is 30.9. The van der Waals surface area contributed by atoms with Crippen LogP contribution in [0.5, 0.6) is 5.75 Å². The van der Waals surface area contributed by atoms with Crippen molar-refractivity contribution in [1.82, 2.24) is 0 Å². The summed E-state index contributed by atoms with van der Waals surface area (Å²) in [4.78, 5) is 27.6. The smallest absolute Gasteiger partial charge is 0.331 e. The topological polar surface area (TPSA) is 63.6 Å². The third kappa shape index (κ3) is 4.58. The van der Waals surface area contributed by atoms with Gasteiger partial charge < -0.3 is 9.84 Å². The molecule has 5 aliphatic carbocycles. The Morgan fingerprint density at radius 1 is 0.837 bits per heavy atom. The fourth-order valence-corrected chi connectivity index (χ4v) is 12.3. The van der Waals surface area contributed by atoms with E-state index in [0.29, 0.717) is 34.9 Å². The van der Waals surface area contributed by atoms with Gasteiger partial charge in [0.2, 0.25) is 0 Å². The van der Waals surface area contributed by atoms with Gasteiger partial charge in [0.15, 0.2) is 0 Å². The van der Waals surface area contributed by atoms with Crippen molar-refractivity contribution in [3.8, 4) is 5.75 Å². The minimum Gasteiger partial charge on any atom is -0.508 e. The number of ether oxygens (including phenoxy) is 1. The number of esters is 1. The molecule has 1 aromatic rings. The maximum absolute atomic E-state index is 14.7. The van der Waals surface area contributed by atoms with Crippen molar-refractivity contribution in [3.63, 3.8) is 0 Å². The Bertz CT molecular complexity index is 1310. The quantitative estimate of drug-likeness (QED) is 0.282. The molecule has 0 aliphatic heterocycles. The first-order chi connectivity index (χ1) is 20.0. The minimum absolute atomic E-state index is 0.0156. The molecule has 236 valence electrons. The second-order valence-electron chi connectivity index (χ2n) is 17.8. The number of phenolic OH excluding ortho intramolecular Hbond substituents is 1. The summed E-state index contributed by atoms with van der Waals surface area (Å²) in [7, 11) is 0. The van der Waals surface area contributed by atoms with E-state index < -0.39 is 0 Å². The van der Waals surface area contributed by atoms with Crippen molar-refractivity contribution in [3.05, 3.63) is 35.9 Å². The largest absolute Gasteiger partial charge is 0.508 e. The lowest BCUT2D eigenvalue weighted by molar-refractivity contribution is -0.252. The van der Waals surface area contributed by atoms with E-state index in [9.17, 15) is 14.7 Å². The molecule has 1 N–H and O–H groups in total. The molecular formula is C39H56O4. The molecule has 5 saturated carbocycles. The molecule has 1 aromatic carbocycles. The van der Waals surface area contributed by atoms with Gasteiger partial charge in [-0.1, -0.05) is 67.5 Å². The summed E-state index contributed by atoms with van der Waals surface area (Å²) in [5, 5.41) is 9.53. The molecule has 43 heavy (non-hydrogen) atoms. The number of fused-ring (bicyclic) bond motifs is 7. The molecule has 0 heterocycles. The molecular weight excluding hydrogens is 532 g/mol. The van der Waals surface area contributed by atoms with Gasteiger partial charge in [0.25, 0.3) is 0 Å². The van der Waals surface area contributed by atoms with E-state index in [-0.39, 0.29) is 51.3 Å². The number of carbonyl (C=O) groups excluding carboxylic acids is 2. The number of benzene rings is 1. The number of carbonyl (C=O) groups is 2. The lowest BCUT2D eigenvalue weighted by atomic mass is 9.30. The van der Waals surface area contributed by atoms with Gasteiger partial charge in [-0.3, -0.25) is 4.79 Å². The molecule has 0 spiro atoms. The average molecular weight is 589 g/mol. The Morgan fingerprint density at radius 2 is 1.49 bits per heavy atom. The third-order valence-corrected chi connectivity index (χ3v) is 15.1. The lowest BCUT2D eigenvalue weighted by Crippen LogP contribution is -2.70. The first-order valence-electron chi connectivity index (χ1n) is 17.2. The van der Waals surface area contributed by atoms with Crippen LogP contribution in [-0.2, 0) is 14.3 Å². The van der Waals surface area contributed by atoms with Gasteiger partial charge in [-0.2, -0.15) is 0 Å². The van der Waals surface area contributed by atoms with Gasteiger partial charge in [0.05, 0.1) is 0 Å². The van der Waals surface area contributed by atoms with Crippen LogP contribution in [0.25, 0.3) is 6.08 Å². The molecule has 1 unspecified atom stereocenters. The number of rotatable bonds is 3. The highest BCUT2D eigenvalue weighted by Crippen LogP contribution is 2.77. The van der Waals surface area contributed by atoms with Gasteiger partial charge in [-0.25, -0.2) is 4.79 Å². The summed E-state index contributed by atoms with van der Waals surface area (Å²) in [6, 6.07) is 6.77. The lowest BCUT2D eigenvalue weighted by Gasteiger charge is -2.74. The predicted molar refractivity (Wildman–Crippen MR) is 172 cm³/mol. The van der Waals surface area contributed by atoms with Gasteiger partial charge in [-0.05, 0) is 132 Å². The van der Waals surface area contributed by atoms with Gasteiger partial charge in [-0.15, -0.1) is 0 Å². The Balaban J connectivity index is 1.24. The van der Waals surface area contributed by atoms with Crippen molar-refractivity contribution in [2.75, 3.05) is 0 Å². The maximum atomic E-state index is 14.7.